The van der Waals surface area contributed by atoms with Crippen molar-refractivity contribution in [3.8, 4) is 0 Å². The summed E-state index contributed by atoms with van der Waals surface area (Å²) in [5.74, 6) is -0.852. The number of carbonyl (C=O) groups is 1. The second-order valence-corrected chi connectivity index (χ2v) is 2.70. The number of nitrogens with zero attached hydrogens (tertiary/aromatic N) is 1. The summed E-state index contributed by atoms with van der Waals surface area (Å²) < 4.78 is 0. The molecule has 0 fully saturated rings. The maximum absolute atomic E-state index is 10.4. The van der Waals surface area contributed by atoms with Crippen LogP contribution in [0.1, 0.15) is 20.3 Å². The SMILES string of the molecule is CC(C)CC(N=C=O)C(=O)O. The maximum Gasteiger partial charge on any atom is 0.329 e. The van der Waals surface area contributed by atoms with Crippen molar-refractivity contribution in [2.75, 3.05) is 0 Å². The lowest BCUT2D eigenvalue weighted by molar-refractivity contribution is -0.138. The van der Waals surface area contributed by atoms with Crippen molar-refractivity contribution in [2.45, 2.75) is 26.3 Å². The smallest absolute Gasteiger partial charge is 0.329 e. The molecule has 0 bridgehead atoms. The number of carboxylic acid groups (broad SMARTS) is 1. The van der Waals surface area contributed by atoms with Crippen molar-refractivity contribution in [2.24, 2.45) is 10.9 Å². The van der Waals surface area contributed by atoms with Gasteiger partial charge in [-0.25, -0.2) is 9.59 Å². The summed E-state index contributed by atoms with van der Waals surface area (Å²) in [6, 6.07) is -0.924. The number of carbonyl (C=O) groups excluding carboxylic acids is 1. The normalized spacial score (nSPS) is 12.3. The minimum atomic E-state index is -1.07. The molecule has 0 heterocycles. The molecule has 0 spiro atoms. The Hall–Kier alpha value is -1.15. The summed E-state index contributed by atoms with van der Waals surface area (Å²) in [4.78, 5) is 23.3. The number of isocyanates is 1. The van der Waals surface area contributed by atoms with E-state index in [2.05, 4.69) is 4.99 Å². The van der Waals surface area contributed by atoms with Crippen molar-refractivity contribution in [3.05, 3.63) is 0 Å². The highest BCUT2D eigenvalue weighted by Gasteiger charge is 2.16. The standard InChI is InChI=1S/C7H11NO3/c1-5(2)3-6(7(10)11)8-4-9/h5-6H,3H2,1-2H3,(H,10,11). The Morgan fingerprint density at radius 3 is 2.45 bits per heavy atom. The molecule has 0 aromatic rings. The van der Waals surface area contributed by atoms with Gasteiger partial charge in [0.05, 0.1) is 0 Å². The van der Waals surface area contributed by atoms with Crippen LogP contribution in [0.3, 0.4) is 0 Å². The van der Waals surface area contributed by atoms with E-state index in [1.54, 1.807) is 0 Å². The molecule has 0 saturated carbocycles. The minimum Gasteiger partial charge on any atom is -0.480 e. The van der Waals surface area contributed by atoms with Crippen molar-refractivity contribution in [3.63, 3.8) is 0 Å². The Balaban J connectivity index is 4.11. The summed E-state index contributed by atoms with van der Waals surface area (Å²) in [5, 5.41) is 8.48. The fraction of sp³-hybridized carbons (Fsp3) is 0.714. The van der Waals surface area contributed by atoms with Crippen LogP contribution in [0, 0.1) is 5.92 Å². The Morgan fingerprint density at radius 1 is 1.64 bits per heavy atom. The van der Waals surface area contributed by atoms with E-state index < -0.39 is 12.0 Å². The quantitative estimate of drug-likeness (QED) is 0.485. The van der Waals surface area contributed by atoms with Gasteiger partial charge in [-0.3, -0.25) is 0 Å². The molecule has 0 radical (unpaired) electrons. The summed E-state index contributed by atoms with van der Waals surface area (Å²) in [6.07, 6.45) is 1.63. The van der Waals surface area contributed by atoms with E-state index in [0.29, 0.717) is 6.42 Å². The third-order valence-corrected chi connectivity index (χ3v) is 1.19. The van der Waals surface area contributed by atoms with Gasteiger partial charge in [0.2, 0.25) is 6.08 Å². The van der Waals surface area contributed by atoms with Crippen LogP contribution >= 0.6 is 0 Å². The van der Waals surface area contributed by atoms with Crippen molar-refractivity contribution >= 4 is 12.0 Å². The van der Waals surface area contributed by atoms with Crippen LogP contribution in [0.4, 0.5) is 0 Å². The van der Waals surface area contributed by atoms with E-state index in [0.717, 1.165) is 0 Å². The first-order chi connectivity index (χ1) is 5.07. The molecule has 62 valence electrons. The average Bonchev–Trinajstić information content (AvgIpc) is 1.86. The lowest BCUT2D eigenvalue weighted by Gasteiger charge is -2.06. The zero-order valence-electron chi connectivity index (χ0n) is 6.57. The molecule has 0 aromatic heterocycles. The largest absolute Gasteiger partial charge is 0.480 e. The van der Waals surface area contributed by atoms with Gasteiger partial charge in [-0.15, -0.1) is 0 Å². The molecule has 1 N–H and O–H groups in total. The monoisotopic (exact) mass is 157 g/mol. The lowest BCUT2D eigenvalue weighted by atomic mass is 10.0. The summed E-state index contributed by atoms with van der Waals surface area (Å²) in [6.45, 7) is 3.74. The van der Waals surface area contributed by atoms with Gasteiger partial charge in [-0.05, 0) is 12.3 Å². The van der Waals surface area contributed by atoms with Gasteiger partial charge >= 0.3 is 5.97 Å². The molecule has 11 heavy (non-hydrogen) atoms. The van der Waals surface area contributed by atoms with Gasteiger partial charge in [-0.1, -0.05) is 13.8 Å². The molecule has 0 saturated heterocycles. The van der Waals surface area contributed by atoms with E-state index in [4.69, 9.17) is 5.11 Å². The fourth-order valence-electron chi connectivity index (χ4n) is 0.719. The number of aliphatic imine (C=N–C) groups is 1. The second kappa shape index (κ2) is 4.63. The van der Waals surface area contributed by atoms with Crippen LogP contribution in [-0.4, -0.2) is 23.2 Å². The Morgan fingerprint density at radius 2 is 2.18 bits per heavy atom. The highest BCUT2D eigenvalue weighted by Crippen LogP contribution is 2.07. The second-order valence-electron chi connectivity index (χ2n) is 2.70. The van der Waals surface area contributed by atoms with E-state index >= 15 is 0 Å². The minimum absolute atomic E-state index is 0.216. The zero-order chi connectivity index (χ0) is 8.85. The topological polar surface area (TPSA) is 66.7 Å². The molecule has 0 aliphatic rings. The number of aliphatic carboxylic acids is 1. The maximum atomic E-state index is 10.4. The van der Waals surface area contributed by atoms with Gasteiger partial charge in [-0.2, -0.15) is 4.99 Å². The fourth-order valence-corrected chi connectivity index (χ4v) is 0.719. The molecule has 1 atom stereocenters. The number of hydrogen-bond donors (Lipinski definition) is 1. The Kier molecular flexibility index (Phi) is 4.15. The molecule has 0 aliphatic carbocycles. The van der Waals surface area contributed by atoms with Gasteiger partial charge in [0.25, 0.3) is 0 Å². The molecular weight excluding hydrogens is 146 g/mol. The predicted octanol–water partition coefficient (Wildman–Crippen LogP) is 0.822. The number of carboxylic acids is 1. The Bertz CT molecular complexity index is 180. The highest BCUT2D eigenvalue weighted by atomic mass is 16.4. The van der Waals surface area contributed by atoms with Gasteiger partial charge < -0.3 is 5.11 Å². The van der Waals surface area contributed by atoms with Crippen LogP contribution in [0.25, 0.3) is 0 Å². The van der Waals surface area contributed by atoms with Crippen LogP contribution in [0.15, 0.2) is 4.99 Å². The molecule has 0 amide bonds. The van der Waals surface area contributed by atoms with E-state index in [-0.39, 0.29) is 5.92 Å². The van der Waals surface area contributed by atoms with E-state index in [1.807, 2.05) is 13.8 Å². The van der Waals surface area contributed by atoms with Crippen LogP contribution in [0.2, 0.25) is 0 Å². The highest BCUT2D eigenvalue weighted by molar-refractivity contribution is 5.74. The average molecular weight is 157 g/mol. The van der Waals surface area contributed by atoms with Crippen LogP contribution in [0.5, 0.6) is 0 Å². The van der Waals surface area contributed by atoms with Crippen LogP contribution < -0.4 is 0 Å². The Labute approximate surface area is 64.9 Å². The van der Waals surface area contributed by atoms with E-state index in [9.17, 15) is 9.59 Å². The van der Waals surface area contributed by atoms with E-state index in [1.165, 1.54) is 6.08 Å². The number of hydrogen-bond acceptors (Lipinski definition) is 3. The van der Waals surface area contributed by atoms with Gasteiger partial charge in [0.1, 0.15) is 0 Å². The summed E-state index contributed by atoms with van der Waals surface area (Å²) in [7, 11) is 0. The molecule has 4 nitrogen and oxygen atoms in total. The third-order valence-electron chi connectivity index (χ3n) is 1.19. The molecule has 0 aromatic carbocycles. The number of rotatable bonds is 4. The lowest BCUT2D eigenvalue weighted by Crippen LogP contribution is -2.19. The molecule has 0 rings (SSSR count). The first-order valence-corrected chi connectivity index (χ1v) is 3.37. The molecular formula is C7H11NO3. The first kappa shape index (κ1) is 9.85. The molecule has 1 unspecified atom stereocenters. The third kappa shape index (κ3) is 4.28. The van der Waals surface area contributed by atoms with Crippen molar-refractivity contribution in [1.29, 1.82) is 0 Å². The zero-order valence-corrected chi connectivity index (χ0v) is 6.57. The van der Waals surface area contributed by atoms with Crippen molar-refractivity contribution < 1.29 is 14.7 Å². The van der Waals surface area contributed by atoms with Crippen LogP contribution in [-0.2, 0) is 9.59 Å². The molecule has 4 heteroatoms. The predicted molar refractivity (Wildman–Crippen MR) is 39.0 cm³/mol. The summed E-state index contributed by atoms with van der Waals surface area (Å²) >= 11 is 0. The van der Waals surface area contributed by atoms with Crippen molar-refractivity contribution in [1.82, 2.24) is 0 Å². The summed E-state index contributed by atoms with van der Waals surface area (Å²) in [5.41, 5.74) is 0. The van der Waals surface area contributed by atoms with Gasteiger partial charge in [0, 0.05) is 0 Å². The van der Waals surface area contributed by atoms with Gasteiger partial charge in [0.15, 0.2) is 6.04 Å². The first-order valence-electron chi connectivity index (χ1n) is 3.37. The molecule has 0 aliphatic heterocycles.